The molecular formula is C14H12N4O. The smallest absolute Gasteiger partial charge is 0.274 e. The summed E-state index contributed by atoms with van der Waals surface area (Å²) in [6, 6.07) is 11.0. The van der Waals surface area contributed by atoms with Gasteiger partial charge < -0.3 is 5.73 Å². The maximum Gasteiger partial charge on any atom is 0.274 e. The largest absolute Gasteiger partial charge is 0.384 e. The summed E-state index contributed by atoms with van der Waals surface area (Å²) in [5.41, 5.74) is 6.42. The van der Waals surface area contributed by atoms with Gasteiger partial charge in [0.2, 0.25) is 0 Å². The Bertz CT molecular complexity index is 795. The van der Waals surface area contributed by atoms with Crippen molar-refractivity contribution in [2.75, 3.05) is 5.73 Å². The third kappa shape index (κ3) is 2.18. The van der Waals surface area contributed by atoms with E-state index in [1.165, 1.54) is 4.68 Å². The fraction of sp³-hybridized carbons (Fsp3) is 0.0714. The molecule has 0 spiro atoms. The molecule has 3 rings (SSSR count). The molecule has 2 aromatic heterocycles. The maximum atomic E-state index is 12.3. The zero-order valence-electron chi connectivity index (χ0n) is 10.2. The van der Waals surface area contributed by atoms with E-state index in [2.05, 4.69) is 10.1 Å². The minimum Gasteiger partial charge on any atom is -0.384 e. The highest BCUT2D eigenvalue weighted by atomic mass is 16.1. The minimum absolute atomic E-state index is 0.103. The van der Waals surface area contributed by atoms with E-state index in [4.69, 9.17) is 5.73 Å². The van der Waals surface area contributed by atoms with Crippen LogP contribution in [0, 0.1) is 0 Å². The van der Waals surface area contributed by atoms with Gasteiger partial charge in [0.1, 0.15) is 5.82 Å². The molecule has 0 aliphatic rings. The first-order valence-corrected chi connectivity index (χ1v) is 5.89. The van der Waals surface area contributed by atoms with Crippen LogP contribution in [0.5, 0.6) is 0 Å². The number of nitrogen functional groups attached to an aromatic ring is 1. The summed E-state index contributed by atoms with van der Waals surface area (Å²) in [6.07, 6.45) is 3.32. The second-order valence-corrected chi connectivity index (χ2v) is 4.28. The van der Waals surface area contributed by atoms with E-state index in [1.54, 1.807) is 24.5 Å². The molecule has 0 aliphatic heterocycles. The molecule has 5 heteroatoms. The van der Waals surface area contributed by atoms with Gasteiger partial charge in [-0.3, -0.25) is 4.79 Å². The SMILES string of the molecule is Nc1cc(Cn2ncc3ccccc3c2=O)ccn1. The van der Waals surface area contributed by atoms with Crippen LogP contribution in [0.15, 0.2) is 53.6 Å². The van der Waals surface area contributed by atoms with Gasteiger partial charge in [-0.1, -0.05) is 18.2 Å². The van der Waals surface area contributed by atoms with Crippen molar-refractivity contribution in [3.05, 3.63) is 64.7 Å². The van der Waals surface area contributed by atoms with E-state index in [9.17, 15) is 4.79 Å². The lowest BCUT2D eigenvalue weighted by atomic mass is 10.2. The molecule has 0 unspecified atom stereocenters. The van der Waals surface area contributed by atoms with E-state index in [-0.39, 0.29) is 5.56 Å². The number of nitrogens with zero attached hydrogens (tertiary/aromatic N) is 3. The Balaban J connectivity index is 2.06. The van der Waals surface area contributed by atoms with Crippen molar-refractivity contribution in [1.82, 2.24) is 14.8 Å². The normalized spacial score (nSPS) is 10.7. The van der Waals surface area contributed by atoms with Crippen LogP contribution >= 0.6 is 0 Å². The fourth-order valence-corrected chi connectivity index (χ4v) is 2.01. The van der Waals surface area contributed by atoms with Crippen LogP contribution in [0.3, 0.4) is 0 Å². The molecule has 19 heavy (non-hydrogen) atoms. The maximum absolute atomic E-state index is 12.3. The predicted octanol–water partition coefficient (Wildman–Crippen LogP) is 1.42. The summed E-state index contributed by atoms with van der Waals surface area (Å²) in [6.45, 7) is 0.385. The fourth-order valence-electron chi connectivity index (χ4n) is 2.01. The Hall–Kier alpha value is -2.69. The van der Waals surface area contributed by atoms with Crippen molar-refractivity contribution in [2.24, 2.45) is 0 Å². The average Bonchev–Trinajstić information content (AvgIpc) is 2.42. The molecule has 1 aromatic carbocycles. The number of pyridine rings is 1. The first-order chi connectivity index (χ1) is 9.24. The monoisotopic (exact) mass is 252 g/mol. The summed E-state index contributed by atoms with van der Waals surface area (Å²) in [4.78, 5) is 16.2. The zero-order valence-corrected chi connectivity index (χ0v) is 10.2. The van der Waals surface area contributed by atoms with Crippen molar-refractivity contribution in [3.8, 4) is 0 Å². The number of hydrogen-bond acceptors (Lipinski definition) is 4. The minimum atomic E-state index is -0.103. The van der Waals surface area contributed by atoms with Crippen LogP contribution < -0.4 is 11.3 Å². The van der Waals surface area contributed by atoms with E-state index in [1.807, 2.05) is 24.3 Å². The van der Waals surface area contributed by atoms with E-state index >= 15 is 0 Å². The third-order valence-electron chi connectivity index (χ3n) is 2.94. The first kappa shape index (κ1) is 11.4. The number of aromatic nitrogens is 3. The molecule has 0 amide bonds. The summed E-state index contributed by atoms with van der Waals surface area (Å²) in [7, 11) is 0. The molecule has 0 bridgehead atoms. The van der Waals surface area contributed by atoms with Crippen LogP contribution in [0.25, 0.3) is 10.8 Å². The molecular weight excluding hydrogens is 240 g/mol. The van der Waals surface area contributed by atoms with Gasteiger partial charge in [-0.25, -0.2) is 9.67 Å². The molecule has 0 saturated carbocycles. The number of fused-ring (bicyclic) bond motifs is 1. The number of nitrogens with two attached hydrogens (primary N) is 1. The lowest BCUT2D eigenvalue weighted by molar-refractivity contribution is 0.647. The molecule has 0 saturated heterocycles. The van der Waals surface area contributed by atoms with Crippen molar-refractivity contribution in [2.45, 2.75) is 6.54 Å². The van der Waals surface area contributed by atoms with Gasteiger partial charge >= 0.3 is 0 Å². The highest BCUT2D eigenvalue weighted by Gasteiger charge is 2.04. The van der Waals surface area contributed by atoms with E-state index < -0.39 is 0 Å². The van der Waals surface area contributed by atoms with E-state index in [0.29, 0.717) is 17.7 Å². The van der Waals surface area contributed by atoms with Gasteiger partial charge in [0, 0.05) is 11.6 Å². The number of anilines is 1. The molecule has 3 aromatic rings. The number of rotatable bonds is 2. The van der Waals surface area contributed by atoms with Crippen molar-refractivity contribution >= 4 is 16.6 Å². The quantitative estimate of drug-likeness (QED) is 0.748. The number of hydrogen-bond donors (Lipinski definition) is 1. The van der Waals surface area contributed by atoms with Gasteiger partial charge in [-0.15, -0.1) is 0 Å². The summed E-state index contributed by atoms with van der Waals surface area (Å²) in [5.74, 6) is 0.436. The Morgan fingerprint density at radius 1 is 1.21 bits per heavy atom. The zero-order chi connectivity index (χ0) is 13.2. The van der Waals surface area contributed by atoms with Gasteiger partial charge in [0.05, 0.1) is 18.1 Å². The second-order valence-electron chi connectivity index (χ2n) is 4.28. The average molecular weight is 252 g/mol. The molecule has 2 N–H and O–H groups in total. The van der Waals surface area contributed by atoms with Crippen molar-refractivity contribution in [1.29, 1.82) is 0 Å². The van der Waals surface area contributed by atoms with Crippen LogP contribution in [-0.4, -0.2) is 14.8 Å². The summed E-state index contributed by atoms with van der Waals surface area (Å²) < 4.78 is 1.43. The lowest BCUT2D eigenvalue weighted by Gasteiger charge is -2.06. The number of benzene rings is 1. The molecule has 0 aliphatic carbocycles. The van der Waals surface area contributed by atoms with E-state index in [0.717, 1.165) is 10.9 Å². The van der Waals surface area contributed by atoms with Gasteiger partial charge in [-0.05, 0) is 23.8 Å². The van der Waals surface area contributed by atoms with Crippen molar-refractivity contribution in [3.63, 3.8) is 0 Å². The molecule has 94 valence electrons. The van der Waals surface area contributed by atoms with Crippen LogP contribution in [0.1, 0.15) is 5.56 Å². The molecule has 5 nitrogen and oxygen atoms in total. The predicted molar refractivity (Wildman–Crippen MR) is 73.8 cm³/mol. The first-order valence-electron chi connectivity index (χ1n) is 5.89. The highest BCUT2D eigenvalue weighted by molar-refractivity contribution is 5.80. The lowest BCUT2D eigenvalue weighted by Crippen LogP contribution is -2.23. The van der Waals surface area contributed by atoms with Crippen LogP contribution in [-0.2, 0) is 6.54 Å². The van der Waals surface area contributed by atoms with Gasteiger partial charge in [-0.2, -0.15) is 5.10 Å². The topological polar surface area (TPSA) is 73.8 Å². The Morgan fingerprint density at radius 3 is 2.89 bits per heavy atom. The molecule has 0 radical (unpaired) electrons. The summed E-state index contributed by atoms with van der Waals surface area (Å²) >= 11 is 0. The van der Waals surface area contributed by atoms with Gasteiger partial charge in [0.15, 0.2) is 0 Å². The van der Waals surface area contributed by atoms with Crippen LogP contribution in [0.2, 0.25) is 0 Å². The summed E-state index contributed by atoms with van der Waals surface area (Å²) in [5, 5.41) is 5.69. The molecule has 0 atom stereocenters. The van der Waals surface area contributed by atoms with Crippen molar-refractivity contribution < 1.29 is 0 Å². The Labute approximate surface area is 109 Å². The Kier molecular flexibility index (Phi) is 2.72. The van der Waals surface area contributed by atoms with Gasteiger partial charge in [0.25, 0.3) is 5.56 Å². The molecule has 0 fully saturated rings. The van der Waals surface area contributed by atoms with Crippen LogP contribution in [0.4, 0.5) is 5.82 Å². The highest BCUT2D eigenvalue weighted by Crippen LogP contribution is 2.08. The second kappa shape index (κ2) is 4.53. The Morgan fingerprint density at radius 2 is 2.05 bits per heavy atom. The third-order valence-corrected chi connectivity index (χ3v) is 2.94. The standard InChI is InChI=1S/C14H12N4O/c15-13-7-10(5-6-16-13)9-18-14(19)12-4-2-1-3-11(12)8-17-18/h1-8H,9H2,(H2,15,16). The molecule has 2 heterocycles.